The Balaban J connectivity index is 4.70. The first-order chi connectivity index (χ1) is 6.93. The van der Waals surface area contributed by atoms with Gasteiger partial charge < -0.3 is 14.6 Å². The molecule has 0 heterocycles. The van der Waals surface area contributed by atoms with Crippen molar-refractivity contribution in [2.75, 3.05) is 14.2 Å². The van der Waals surface area contributed by atoms with Crippen molar-refractivity contribution in [3.63, 3.8) is 0 Å². The highest BCUT2D eigenvalue weighted by molar-refractivity contribution is 5.82. The van der Waals surface area contributed by atoms with E-state index in [4.69, 9.17) is 9.84 Å². The Morgan fingerprint density at radius 1 is 1.27 bits per heavy atom. The lowest BCUT2D eigenvalue weighted by molar-refractivity contribution is -0.164. The fourth-order valence-electron chi connectivity index (χ4n) is 1.40. The van der Waals surface area contributed by atoms with Gasteiger partial charge in [0.25, 0.3) is 0 Å². The summed E-state index contributed by atoms with van der Waals surface area (Å²) in [6.45, 7) is 3.78. The summed E-state index contributed by atoms with van der Waals surface area (Å²) in [5.74, 6) is -2.37. The molecule has 0 aromatic rings. The molecule has 0 spiro atoms. The van der Waals surface area contributed by atoms with Gasteiger partial charge in [0.05, 0.1) is 13.0 Å². The summed E-state index contributed by atoms with van der Waals surface area (Å²) in [5.41, 5.74) is 0. The van der Waals surface area contributed by atoms with E-state index < -0.39 is 24.0 Å². The summed E-state index contributed by atoms with van der Waals surface area (Å²) in [4.78, 5) is 22.2. The predicted molar refractivity (Wildman–Crippen MR) is 53.4 cm³/mol. The van der Waals surface area contributed by atoms with Crippen LogP contribution in [0, 0.1) is 11.8 Å². The van der Waals surface area contributed by atoms with Crippen molar-refractivity contribution in [3.8, 4) is 0 Å². The molecule has 0 amide bonds. The summed E-state index contributed by atoms with van der Waals surface area (Å²) < 4.78 is 9.36. The lowest BCUT2D eigenvalue weighted by atomic mass is 9.92. The quantitative estimate of drug-likeness (QED) is 0.671. The number of carboxylic acid groups (broad SMARTS) is 1. The Hall–Kier alpha value is -1.10. The number of ether oxygens (including phenoxy) is 2. The van der Waals surface area contributed by atoms with Crippen LogP contribution in [-0.2, 0) is 19.1 Å². The van der Waals surface area contributed by atoms with Crippen molar-refractivity contribution in [3.05, 3.63) is 0 Å². The first-order valence-corrected chi connectivity index (χ1v) is 4.77. The van der Waals surface area contributed by atoms with Gasteiger partial charge in [-0.3, -0.25) is 4.79 Å². The van der Waals surface area contributed by atoms with Crippen molar-refractivity contribution in [1.82, 2.24) is 0 Å². The number of carbonyl (C=O) groups excluding carboxylic acids is 1. The van der Waals surface area contributed by atoms with E-state index in [-0.39, 0.29) is 5.92 Å². The number of rotatable bonds is 6. The Kier molecular flexibility index (Phi) is 5.93. The van der Waals surface area contributed by atoms with Gasteiger partial charge in [-0.25, -0.2) is 4.79 Å². The molecule has 0 aromatic carbocycles. The average molecular weight is 218 g/mol. The number of hydrogen-bond acceptors (Lipinski definition) is 4. The van der Waals surface area contributed by atoms with Gasteiger partial charge in [0, 0.05) is 7.11 Å². The van der Waals surface area contributed by atoms with Gasteiger partial charge in [0.1, 0.15) is 0 Å². The van der Waals surface area contributed by atoms with Crippen molar-refractivity contribution >= 4 is 11.9 Å². The normalized spacial score (nSPS) is 14.7. The maximum atomic E-state index is 11.3. The van der Waals surface area contributed by atoms with E-state index in [1.807, 2.05) is 13.8 Å². The highest BCUT2D eigenvalue weighted by atomic mass is 16.6. The minimum absolute atomic E-state index is 0.174. The van der Waals surface area contributed by atoms with E-state index in [1.165, 1.54) is 14.2 Å². The zero-order valence-corrected chi connectivity index (χ0v) is 9.52. The Labute approximate surface area is 89.4 Å². The smallest absolute Gasteiger partial charge is 0.335 e. The standard InChI is InChI=1S/C10H18O5/c1-6(2)5-7(9(11)12)8(14-3)10(13)15-4/h6-8H,5H2,1-4H3,(H,11,12)/t7-,8+/m1/s1. The first-order valence-electron chi connectivity index (χ1n) is 4.77. The van der Waals surface area contributed by atoms with Crippen molar-refractivity contribution < 1.29 is 24.2 Å². The molecule has 15 heavy (non-hydrogen) atoms. The third kappa shape index (κ3) is 4.29. The Morgan fingerprint density at radius 2 is 1.80 bits per heavy atom. The van der Waals surface area contributed by atoms with E-state index >= 15 is 0 Å². The van der Waals surface area contributed by atoms with Gasteiger partial charge in [0.15, 0.2) is 6.10 Å². The van der Waals surface area contributed by atoms with Crippen LogP contribution < -0.4 is 0 Å². The van der Waals surface area contributed by atoms with Crippen LogP contribution in [0.4, 0.5) is 0 Å². The molecule has 0 saturated carbocycles. The zero-order chi connectivity index (χ0) is 12.0. The highest BCUT2D eigenvalue weighted by Crippen LogP contribution is 2.19. The molecular weight excluding hydrogens is 200 g/mol. The predicted octanol–water partition coefficient (Wildman–Crippen LogP) is 0.921. The molecule has 0 aliphatic heterocycles. The molecule has 0 fully saturated rings. The van der Waals surface area contributed by atoms with E-state index in [0.29, 0.717) is 6.42 Å². The van der Waals surface area contributed by atoms with Gasteiger partial charge in [-0.2, -0.15) is 0 Å². The van der Waals surface area contributed by atoms with Crippen LogP contribution in [0.25, 0.3) is 0 Å². The first kappa shape index (κ1) is 13.9. The number of methoxy groups -OCH3 is 2. The molecule has 1 N–H and O–H groups in total. The van der Waals surface area contributed by atoms with Gasteiger partial charge in [-0.15, -0.1) is 0 Å². The second kappa shape index (κ2) is 6.40. The summed E-state index contributed by atoms with van der Waals surface area (Å²) in [6.07, 6.45) is -0.655. The molecule has 0 saturated heterocycles. The molecule has 88 valence electrons. The molecule has 0 radical (unpaired) electrons. The van der Waals surface area contributed by atoms with Crippen LogP contribution in [0.15, 0.2) is 0 Å². The number of esters is 1. The molecule has 5 heteroatoms. The van der Waals surface area contributed by atoms with Gasteiger partial charge in [-0.05, 0) is 12.3 Å². The molecule has 0 aromatic heterocycles. The van der Waals surface area contributed by atoms with Crippen LogP contribution in [0.3, 0.4) is 0 Å². The Bertz CT molecular complexity index is 224. The van der Waals surface area contributed by atoms with Crippen LogP contribution in [-0.4, -0.2) is 37.4 Å². The lowest BCUT2D eigenvalue weighted by Crippen LogP contribution is -2.38. The number of carboxylic acids is 1. The monoisotopic (exact) mass is 218 g/mol. The van der Waals surface area contributed by atoms with Crippen molar-refractivity contribution in [1.29, 1.82) is 0 Å². The van der Waals surface area contributed by atoms with E-state index in [9.17, 15) is 9.59 Å². The molecule has 5 nitrogen and oxygen atoms in total. The maximum Gasteiger partial charge on any atom is 0.335 e. The second-order valence-corrected chi connectivity index (χ2v) is 3.75. The number of carbonyl (C=O) groups is 2. The average Bonchev–Trinajstić information content (AvgIpc) is 2.16. The van der Waals surface area contributed by atoms with Crippen LogP contribution in [0.5, 0.6) is 0 Å². The fraction of sp³-hybridized carbons (Fsp3) is 0.800. The van der Waals surface area contributed by atoms with E-state index in [2.05, 4.69) is 4.74 Å². The van der Waals surface area contributed by atoms with Crippen LogP contribution in [0.2, 0.25) is 0 Å². The Morgan fingerprint density at radius 3 is 2.07 bits per heavy atom. The van der Waals surface area contributed by atoms with Gasteiger partial charge in [0.2, 0.25) is 0 Å². The summed E-state index contributed by atoms with van der Waals surface area (Å²) in [6, 6.07) is 0. The van der Waals surface area contributed by atoms with Crippen molar-refractivity contribution in [2.24, 2.45) is 11.8 Å². The molecule has 0 aliphatic rings. The van der Waals surface area contributed by atoms with Gasteiger partial charge >= 0.3 is 11.9 Å². The molecule has 0 bridgehead atoms. The van der Waals surface area contributed by atoms with E-state index in [1.54, 1.807) is 0 Å². The third-order valence-electron chi connectivity index (χ3n) is 2.10. The molecule has 0 rings (SSSR count). The van der Waals surface area contributed by atoms with Gasteiger partial charge in [-0.1, -0.05) is 13.8 Å². The largest absolute Gasteiger partial charge is 0.481 e. The minimum Gasteiger partial charge on any atom is -0.481 e. The number of aliphatic carboxylic acids is 1. The zero-order valence-electron chi connectivity index (χ0n) is 9.52. The highest BCUT2D eigenvalue weighted by Gasteiger charge is 2.35. The SMILES string of the molecule is COC(=O)[C@@H](OC)[C@@H](CC(C)C)C(=O)O. The summed E-state index contributed by atoms with van der Waals surface area (Å²) in [7, 11) is 2.51. The molecule has 2 atom stereocenters. The minimum atomic E-state index is -1.04. The lowest BCUT2D eigenvalue weighted by Gasteiger charge is -2.21. The number of hydrogen-bond donors (Lipinski definition) is 1. The van der Waals surface area contributed by atoms with E-state index in [0.717, 1.165) is 0 Å². The van der Waals surface area contributed by atoms with Crippen LogP contribution >= 0.6 is 0 Å². The molecule has 0 aliphatic carbocycles. The maximum absolute atomic E-state index is 11.3. The second-order valence-electron chi connectivity index (χ2n) is 3.75. The molecule has 0 unspecified atom stereocenters. The topological polar surface area (TPSA) is 72.8 Å². The van der Waals surface area contributed by atoms with Crippen molar-refractivity contribution in [2.45, 2.75) is 26.4 Å². The summed E-state index contributed by atoms with van der Waals surface area (Å²) in [5, 5.41) is 8.98. The summed E-state index contributed by atoms with van der Waals surface area (Å²) >= 11 is 0. The van der Waals surface area contributed by atoms with Crippen LogP contribution in [0.1, 0.15) is 20.3 Å². The fourth-order valence-corrected chi connectivity index (χ4v) is 1.40. The molecular formula is C10H18O5. The third-order valence-corrected chi connectivity index (χ3v) is 2.10.